The van der Waals surface area contributed by atoms with Gasteiger partial charge in [0, 0.05) is 9.35 Å². The van der Waals surface area contributed by atoms with Crippen LogP contribution in [0.1, 0.15) is 11.3 Å². The number of nitrogens with one attached hydrogen (secondary N) is 1. The first kappa shape index (κ1) is 8.73. The van der Waals surface area contributed by atoms with Gasteiger partial charge >= 0.3 is 0 Å². The molecule has 2 heterocycles. The highest BCUT2D eigenvalue weighted by atomic mass is 79.9. The van der Waals surface area contributed by atoms with Gasteiger partial charge in [-0.05, 0) is 59.2 Å². The zero-order valence-electron chi connectivity index (χ0n) is 6.85. The summed E-state index contributed by atoms with van der Waals surface area (Å²) < 4.78 is 1.29. The standard InChI is InChI=1S/C9H12BrNS/c10-8-2-4-12-9(8)5-7-1-3-11-6-7/h2,4,7,11H,1,3,5-6H2. The average molecular weight is 246 g/mol. The molecule has 0 aromatic carbocycles. The predicted molar refractivity (Wildman–Crippen MR) is 56.7 cm³/mol. The van der Waals surface area contributed by atoms with E-state index in [1.807, 2.05) is 11.3 Å². The van der Waals surface area contributed by atoms with E-state index in [-0.39, 0.29) is 0 Å². The van der Waals surface area contributed by atoms with Crippen LogP contribution in [0.3, 0.4) is 0 Å². The van der Waals surface area contributed by atoms with Crippen LogP contribution in [0.25, 0.3) is 0 Å². The van der Waals surface area contributed by atoms with E-state index in [2.05, 4.69) is 32.7 Å². The molecular weight excluding hydrogens is 234 g/mol. The van der Waals surface area contributed by atoms with E-state index in [0.29, 0.717) is 0 Å². The number of halogens is 1. The number of thiophene rings is 1. The van der Waals surface area contributed by atoms with Crippen LogP contribution in [0.4, 0.5) is 0 Å². The number of rotatable bonds is 2. The molecule has 0 spiro atoms. The van der Waals surface area contributed by atoms with Crippen LogP contribution in [0.5, 0.6) is 0 Å². The maximum atomic E-state index is 3.56. The fourth-order valence-electron chi connectivity index (χ4n) is 1.62. The molecule has 1 aromatic rings. The third-order valence-corrected chi connectivity index (χ3v) is 4.28. The molecule has 1 aromatic heterocycles. The van der Waals surface area contributed by atoms with Crippen LogP contribution in [-0.4, -0.2) is 13.1 Å². The van der Waals surface area contributed by atoms with Crippen molar-refractivity contribution >= 4 is 27.3 Å². The number of hydrogen-bond donors (Lipinski definition) is 1. The second kappa shape index (κ2) is 3.90. The Balaban J connectivity index is 1.98. The summed E-state index contributed by atoms with van der Waals surface area (Å²) in [5.41, 5.74) is 0. The molecule has 0 aliphatic carbocycles. The topological polar surface area (TPSA) is 12.0 Å². The van der Waals surface area contributed by atoms with Crippen molar-refractivity contribution in [2.75, 3.05) is 13.1 Å². The minimum atomic E-state index is 0.861. The molecular formula is C9H12BrNS. The van der Waals surface area contributed by atoms with Gasteiger partial charge < -0.3 is 5.32 Å². The Bertz CT molecular complexity index is 253. The summed E-state index contributed by atoms with van der Waals surface area (Å²) in [5, 5.41) is 5.55. The molecule has 1 nitrogen and oxygen atoms in total. The van der Waals surface area contributed by atoms with E-state index in [9.17, 15) is 0 Å². The Hall–Kier alpha value is 0.140. The summed E-state index contributed by atoms with van der Waals surface area (Å²) in [4.78, 5) is 1.50. The summed E-state index contributed by atoms with van der Waals surface area (Å²) in [6.45, 7) is 2.40. The van der Waals surface area contributed by atoms with Crippen molar-refractivity contribution in [3.8, 4) is 0 Å². The maximum absolute atomic E-state index is 3.56. The summed E-state index contributed by atoms with van der Waals surface area (Å²) in [7, 11) is 0. The van der Waals surface area contributed by atoms with Crippen molar-refractivity contribution in [1.29, 1.82) is 0 Å². The molecule has 66 valence electrons. The molecule has 3 heteroatoms. The fraction of sp³-hybridized carbons (Fsp3) is 0.556. The zero-order valence-corrected chi connectivity index (χ0v) is 9.25. The average Bonchev–Trinajstić information content (AvgIpc) is 2.65. The Labute approximate surface area is 85.3 Å². The van der Waals surface area contributed by atoms with Gasteiger partial charge in [0.15, 0.2) is 0 Å². The molecule has 0 amide bonds. The first-order valence-electron chi connectivity index (χ1n) is 4.29. The van der Waals surface area contributed by atoms with E-state index >= 15 is 0 Å². The minimum absolute atomic E-state index is 0.861. The third-order valence-electron chi connectivity index (χ3n) is 2.33. The molecule has 12 heavy (non-hydrogen) atoms. The van der Waals surface area contributed by atoms with E-state index in [0.717, 1.165) is 5.92 Å². The van der Waals surface area contributed by atoms with Crippen LogP contribution < -0.4 is 5.32 Å². The Morgan fingerprint density at radius 3 is 3.17 bits per heavy atom. The van der Waals surface area contributed by atoms with Gasteiger partial charge in [0.2, 0.25) is 0 Å². The van der Waals surface area contributed by atoms with Gasteiger partial charge in [0.25, 0.3) is 0 Å². The van der Waals surface area contributed by atoms with Crippen LogP contribution in [0, 0.1) is 5.92 Å². The zero-order chi connectivity index (χ0) is 8.39. The van der Waals surface area contributed by atoms with E-state index in [1.54, 1.807) is 0 Å². The molecule has 1 unspecified atom stereocenters. The molecule has 0 radical (unpaired) electrons. The first-order valence-corrected chi connectivity index (χ1v) is 5.96. The van der Waals surface area contributed by atoms with Gasteiger partial charge in [-0.2, -0.15) is 0 Å². The second-order valence-electron chi connectivity index (χ2n) is 3.25. The lowest BCUT2D eigenvalue weighted by molar-refractivity contribution is 0.584. The molecule has 1 N–H and O–H groups in total. The van der Waals surface area contributed by atoms with E-state index < -0.39 is 0 Å². The number of hydrogen-bond acceptors (Lipinski definition) is 2. The van der Waals surface area contributed by atoms with Gasteiger partial charge in [-0.15, -0.1) is 11.3 Å². The van der Waals surface area contributed by atoms with Crippen molar-refractivity contribution in [3.05, 3.63) is 20.8 Å². The van der Waals surface area contributed by atoms with E-state index in [1.165, 1.54) is 35.3 Å². The SMILES string of the molecule is Brc1ccsc1CC1CCNC1. The lowest BCUT2D eigenvalue weighted by Gasteiger charge is -2.05. The molecule has 1 atom stereocenters. The van der Waals surface area contributed by atoms with Gasteiger partial charge in [0.1, 0.15) is 0 Å². The van der Waals surface area contributed by atoms with Crippen LogP contribution in [-0.2, 0) is 6.42 Å². The molecule has 0 bridgehead atoms. The first-order chi connectivity index (χ1) is 5.86. The third kappa shape index (κ3) is 1.90. The maximum Gasteiger partial charge on any atom is 0.0314 e. The summed E-state index contributed by atoms with van der Waals surface area (Å²) in [6, 6.07) is 2.14. The highest BCUT2D eigenvalue weighted by Gasteiger charge is 2.16. The largest absolute Gasteiger partial charge is 0.316 e. The molecule has 1 fully saturated rings. The van der Waals surface area contributed by atoms with Gasteiger partial charge in [-0.1, -0.05) is 0 Å². The lowest BCUT2D eigenvalue weighted by Crippen LogP contribution is -2.10. The normalized spacial score (nSPS) is 23.2. The summed E-state index contributed by atoms with van der Waals surface area (Å²) in [5.74, 6) is 0.861. The molecule has 1 aliphatic heterocycles. The van der Waals surface area contributed by atoms with Crippen LogP contribution >= 0.6 is 27.3 Å². The second-order valence-corrected chi connectivity index (χ2v) is 5.11. The van der Waals surface area contributed by atoms with Crippen molar-refractivity contribution in [1.82, 2.24) is 5.32 Å². The molecule has 1 saturated heterocycles. The fourth-order valence-corrected chi connectivity index (χ4v) is 3.25. The van der Waals surface area contributed by atoms with Crippen molar-refractivity contribution in [2.45, 2.75) is 12.8 Å². The smallest absolute Gasteiger partial charge is 0.0314 e. The molecule has 0 saturated carbocycles. The highest BCUT2D eigenvalue weighted by molar-refractivity contribution is 9.10. The summed E-state index contributed by atoms with van der Waals surface area (Å²) in [6.07, 6.45) is 2.58. The van der Waals surface area contributed by atoms with Gasteiger partial charge in [0.05, 0.1) is 0 Å². The van der Waals surface area contributed by atoms with Gasteiger partial charge in [-0.25, -0.2) is 0 Å². The monoisotopic (exact) mass is 245 g/mol. The predicted octanol–water partition coefficient (Wildman–Crippen LogP) is 2.66. The van der Waals surface area contributed by atoms with Crippen molar-refractivity contribution in [3.63, 3.8) is 0 Å². The Morgan fingerprint density at radius 2 is 2.58 bits per heavy atom. The summed E-state index contributed by atoms with van der Waals surface area (Å²) >= 11 is 5.43. The molecule has 2 rings (SSSR count). The van der Waals surface area contributed by atoms with E-state index in [4.69, 9.17) is 0 Å². The van der Waals surface area contributed by atoms with Crippen molar-refractivity contribution in [2.24, 2.45) is 5.92 Å². The Morgan fingerprint density at radius 1 is 1.67 bits per heavy atom. The van der Waals surface area contributed by atoms with Crippen LogP contribution in [0.2, 0.25) is 0 Å². The lowest BCUT2D eigenvalue weighted by atomic mass is 10.0. The quantitative estimate of drug-likeness (QED) is 0.845. The van der Waals surface area contributed by atoms with Gasteiger partial charge in [-0.3, -0.25) is 0 Å². The van der Waals surface area contributed by atoms with Crippen molar-refractivity contribution < 1.29 is 0 Å². The van der Waals surface area contributed by atoms with Crippen LogP contribution in [0.15, 0.2) is 15.9 Å². The molecule has 1 aliphatic rings. The highest BCUT2D eigenvalue weighted by Crippen LogP contribution is 2.27. The Kier molecular flexibility index (Phi) is 2.84. The minimum Gasteiger partial charge on any atom is -0.316 e.